The van der Waals surface area contributed by atoms with E-state index in [0.717, 1.165) is 5.39 Å². The van der Waals surface area contributed by atoms with Crippen LogP contribution in [0.3, 0.4) is 0 Å². The predicted octanol–water partition coefficient (Wildman–Crippen LogP) is 5.79. The van der Waals surface area contributed by atoms with Crippen molar-refractivity contribution in [3.8, 4) is 17.6 Å². The molecule has 2 N–H and O–H groups in total. The second-order valence-electron chi connectivity index (χ2n) is 6.06. The molecule has 0 saturated carbocycles. The fourth-order valence-corrected chi connectivity index (χ4v) is 3.39. The summed E-state index contributed by atoms with van der Waals surface area (Å²) in [5, 5.41) is 20.3. The third-order valence-corrected chi connectivity index (χ3v) is 4.97. The van der Waals surface area contributed by atoms with Crippen LogP contribution in [0.4, 0.5) is 10.2 Å². The van der Waals surface area contributed by atoms with Crippen LogP contribution in [0.15, 0.2) is 53.1 Å². The summed E-state index contributed by atoms with van der Waals surface area (Å²) in [6.07, 6.45) is 1.66. The highest BCUT2D eigenvalue weighted by Gasteiger charge is 2.16. The van der Waals surface area contributed by atoms with Crippen LogP contribution in [0.2, 0.25) is 5.02 Å². The normalized spacial score (nSPS) is 10.7. The fourth-order valence-electron chi connectivity index (χ4n) is 2.78. The number of aromatic nitrogens is 3. The van der Waals surface area contributed by atoms with Crippen LogP contribution in [0, 0.1) is 17.1 Å². The molecule has 0 aliphatic carbocycles. The molecule has 4 rings (SSSR count). The van der Waals surface area contributed by atoms with E-state index in [1.807, 2.05) is 12.1 Å². The molecule has 0 atom stereocenters. The summed E-state index contributed by atoms with van der Waals surface area (Å²) in [5.74, 6) is 0.307. The summed E-state index contributed by atoms with van der Waals surface area (Å²) in [4.78, 5) is 4.18. The van der Waals surface area contributed by atoms with Crippen LogP contribution in [0.25, 0.3) is 11.0 Å². The van der Waals surface area contributed by atoms with Gasteiger partial charge in [0, 0.05) is 23.3 Å². The third kappa shape index (κ3) is 4.01. The highest BCUT2D eigenvalue weighted by Crippen LogP contribution is 2.35. The van der Waals surface area contributed by atoms with E-state index < -0.39 is 5.82 Å². The van der Waals surface area contributed by atoms with Gasteiger partial charge in [-0.25, -0.2) is 9.37 Å². The highest BCUT2D eigenvalue weighted by molar-refractivity contribution is 9.10. The SMILES string of the molecule is N#Cc1cc(Cl)cc(Oc2c(Br)ccc(CNc3n[nH]c4ncccc34)c2F)c1. The van der Waals surface area contributed by atoms with Crippen LogP contribution >= 0.6 is 27.5 Å². The molecule has 0 saturated heterocycles. The van der Waals surface area contributed by atoms with E-state index >= 15 is 4.39 Å². The molecule has 0 radical (unpaired) electrons. The number of anilines is 1. The Kier molecular flexibility index (Phi) is 5.34. The Labute approximate surface area is 178 Å². The van der Waals surface area contributed by atoms with Crippen molar-refractivity contribution >= 4 is 44.4 Å². The average Bonchev–Trinajstić information content (AvgIpc) is 3.13. The van der Waals surface area contributed by atoms with E-state index in [0.29, 0.717) is 32.1 Å². The first-order chi connectivity index (χ1) is 14.0. The van der Waals surface area contributed by atoms with Crippen molar-refractivity contribution in [3.05, 3.63) is 75.1 Å². The Balaban J connectivity index is 1.60. The maximum absolute atomic E-state index is 15.1. The van der Waals surface area contributed by atoms with Crippen LogP contribution < -0.4 is 10.1 Å². The quantitative estimate of drug-likeness (QED) is 0.384. The molecule has 2 aromatic heterocycles. The molecule has 9 heteroatoms. The lowest BCUT2D eigenvalue weighted by atomic mass is 10.2. The molecule has 144 valence electrons. The van der Waals surface area contributed by atoms with E-state index in [4.69, 9.17) is 21.6 Å². The number of H-pyrrole nitrogens is 1. The number of pyridine rings is 1. The summed E-state index contributed by atoms with van der Waals surface area (Å²) < 4.78 is 21.2. The molecule has 29 heavy (non-hydrogen) atoms. The van der Waals surface area contributed by atoms with Gasteiger partial charge in [0.2, 0.25) is 0 Å². The van der Waals surface area contributed by atoms with Gasteiger partial charge in [0.1, 0.15) is 5.75 Å². The van der Waals surface area contributed by atoms with Crippen molar-refractivity contribution in [2.45, 2.75) is 6.54 Å². The lowest BCUT2D eigenvalue weighted by Gasteiger charge is -2.13. The molecule has 6 nitrogen and oxygen atoms in total. The zero-order valence-corrected chi connectivity index (χ0v) is 17.1. The first-order valence-electron chi connectivity index (χ1n) is 8.43. The zero-order chi connectivity index (χ0) is 20.4. The van der Waals surface area contributed by atoms with Crippen molar-refractivity contribution in [2.24, 2.45) is 0 Å². The number of aromatic amines is 1. The third-order valence-electron chi connectivity index (χ3n) is 4.13. The van der Waals surface area contributed by atoms with Gasteiger partial charge in [0.25, 0.3) is 0 Å². The second kappa shape index (κ2) is 8.07. The number of hydrogen-bond acceptors (Lipinski definition) is 5. The summed E-state index contributed by atoms with van der Waals surface area (Å²) in [6, 6.07) is 13.5. The van der Waals surface area contributed by atoms with E-state index in [1.165, 1.54) is 18.2 Å². The van der Waals surface area contributed by atoms with E-state index in [1.54, 1.807) is 24.4 Å². The molecule has 0 fully saturated rings. The fraction of sp³-hybridized carbons (Fsp3) is 0.0500. The summed E-state index contributed by atoms with van der Waals surface area (Å²) in [7, 11) is 0. The maximum atomic E-state index is 15.1. The molecule has 2 heterocycles. The minimum Gasteiger partial charge on any atom is -0.453 e. The van der Waals surface area contributed by atoms with Gasteiger partial charge >= 0.3 is 0 Å². The minimum atomic E-state index is -0.539. The summed E-state index contributed by atoms with van der Waals surface area (Å²) in [6.45, 7) is 0.184. The van der Waals surface area contributed by atoms with Crippen molar-refractivity contribution in [3.63, 3.8) is 0 Å². The Morgan fingerprint density at radius 2 is 2.14 bits per heavy atom. The highest BCUT2D eigenvalue weighted by atomic mass is 79.9. The van der Waals surface area contributed by atoms with Crippen LogP contribution in [0.1, 0.15) is 11.1 Å². The number of rotatable bonds is 5. The number of hydrogen-bond donors (Lipinski definition) is 2. The monoisotopic (exact) mass is 471 g/mol. The number of benzene rings is 2. The number of fused-ring (bicyclic) bond motifs is 1. The minimum absolute atomic E-state index is 0.00371. The molecule has 2 aromatic carbocycles. The Bertz CT molecular complexity index is 1250. The number of nitrogens with zero attached hydrogens (tertiary/aromatic N) is 3. The van der Waals surface area contributed by atoms with Crippen molar-refractivity contribution in [1.29, 1.82) is 5.26 Å². The van der Waals surface area contributed by atoms with Crippen molar-refractivity contribution < 1.29 is 9.13 Å². The van der Waals surface area contributed by atoms with Gasteiger partial charge in [0.15, 0.2) is 23.0 Å². The maximum Gasteiger partial charge on any atom is 0.177 e. The molecule has 0 bridgehead atoms. The van der Waals surface area contributed by atoms with Gasteiger partial charge in [-0.15, -0.1) is 0 Å². The van der Waals surface area contributed by atoms with Gasteiger partial charge in [-0.1, -0.05) is 17.7 Å². The molecule has 0 amide bonds. The lowest BCUT2D eigenvalue weighted by Crippen LogP contribution is -2.04. The lowest BCUT2D eigenvalue weighted by molar-refractivity contribution is 0.436. The molecule has 0 unspecified atom stereocenters. The standard InChI is InChI=1S/C20H12BrClFN5O/c21-16-4-3-12(10-26-20-15-2-1-5-25-19(15)27-28-20)17(23)18(16)29-14-7-11(9-24)6-13(22)8-14/h1-8H,10H2,(H2,25,26,27,28). The Morgan fingerprint density at radius 1 is 1.28 bits per heavy atom. The molecular weight excluding hydrogens is 461 g/mol. The largest absolute Gasteiger partial charge is 0.453 e. The van der Waals surface area contributed by atoms with Crippen molar-refractivity contribution in [1.82, 2.24) is 15.2 Å². The molecular formula is C20H12BrClFN5O. The zero-order valence-electron chi connectivity index (χ0n) is 14.7. The topological polar surface area (TPSA) is 86.6 Å². The van der Waals surface area contributed by atoms with Crippen LogP contribution in [0.5, 0.6) is 11.5 Å². The van der Waals surface area contributed by atoms with Crippen LogP contribution in [-0.4, -0.2) is 15.2 Å². The summed E-state index contributed by atoms with van der Waals surface area (Å²) >= 11 is 9.30. The number of nitriles is 1. The molecule has 0 aliphatic rings. The smallest absolute Gasteiger partial charge is 0.177 e. The predicted molar refractivity (Wildman–Crippen MR) is 112 cm³/mol. The number of ether oxygens (including phenoxy) is 1. The van der Waals surface area contributed by atoms with Crippen molar-refractivity contribution in [2.75, 3.05) is 5.32 Å². The second-order valence-corrected chi connectivity index (χ2v) is 7.36. The number of halogens is 3. The first-order valence-corrected chi connectivity index (χ1v) is 9.60. The van der Waals surface area contributed by atoms with Gasteiger partial charge in [-0.3, -0.25) is 5.10 Å². The average molecular weight is 473 g/mol. The van der Waals surface area contributed by atoms with Gasteiger partial charge in [0.05, 0.1) is 21.5 Å². The Hall–Kier alpha value is -3.15. The molecule has 0 spiro atoms. The molecule has 0 aliphatic heterocycles. The van der Waals surface area contributed by atoms with Gasteiger partial charge < -0.3 is 10.1 Å². The van der Waals surface area contributed by atoms with Crippen LogP contribution in [-0.2, 0) is 6.54 Å². The Morgan fingerprint density at radius 3 is 2.97 bits per heavy atom. The van der Waals surface area contributed by atoms with E-state index in [-0.39, 0.29) is 18.0 Å². The first kappa shape index (κ1) is 19.2. The van der Waals surface area contributed by atoms with Gasteiger partial charge in [-0.05, 0) is 52.3 Å². The van der Waals surface area contributed by atoms with E-state index in [2.05, 4.69) is 36.4 Å². The summed E-state index contributed by atoms with van der Waals surface area (Å²) in [5.41, 5.74) is 1.34. The number of nitrogens with one attached hydrogen (secondary N) is 2. The van der Waals surface area contributed by atoms with E-state index in [9.17, 15) is 0 Å². The van der Waals surface area contributed by atoms with Gasteiger partial charge in [-0.2, -0.15) is 10.4 Å². The molecule has 4 aromatic rings.